The highest BCUT2D eigenvalue weighted by molar-refractivity contribution is 5.76. The molecule has 4 nitrogen and oxygen atoms in total. The van der Waals surface area contributed by atoms with E-state index in [0.29, 0.717) is 6.10 Å². The van der Waals surface area contributed by atoms with Crippen molar-refractivity contribution in [3.63, 3.8) is 0 Å². The van der Waals surface area contributed by atoms with Crippen molar-refractivity contribution in [2.24, 2.45) is 0 Å². The Morgan fingerprint density at radius 1 is 1.38 bits per heavy atom. The minimum Gasteiger partial charge on any atom is -0.468 e. The van der Waals surface area contributed by atoms with Gasteiger partial charge in [0.1, 0.15) is 6.04 Å². The van der Waals surface area contributed by atoms with Crippen molar-refractivity contribution in [1.82, 2.24) is 5.32 Å². The van der Waals surface area contributed by atoms with E-state index in [0.717, 1.165) is 13.0 Å². The van der Waals surface area contributed by atoms with Crippen LogP contribution >= 0.6 is 0 Å². The molecule has 2 atom stereocenters. The molecule has 0 bridgehead atoms. The zero-order valence-corrected chi connectivity index (χ0v) is 7.79. The Kier molecular flexibility index (Phi) is 2.51. The first-order chi connectivity index (χ1) is 6.29. The molecule has 0 spiro atoms. The Morgan fingerprint density at radius 3 is 2.77 bits per heavy atom. The second kappa shape index (κ2) is 3.64. The Hall–Kier alpha value is -0.610. The summed E-state index contributed by atoms with van der Waals surface area (Å²) in [7, 11) is 1.42. The van der Waals surface area contributed by atoms with Gasteiger partial charge < -0.3 is 14.8 Å². The number of nitrogens with one attached hydrogen (secondary N) is 1. The molecule has 2 unspecified atom stereocenters. The lowest BCUT2D eigenvalue weighted by molar-refractivity contribution is -0.142. The maximum atomic E-state index is 11.1. The predicted molar refractivity (Wildman–Crippen MR) is 46.3 cm³/mol. The van der Waals surface area contributed by atoms with Crippen molar-refractivity contribution in [2.75, 3.05) is 13.7 Å². The summed E-state index contributed by atoms with van der Waals surface area (Å²) in [6.07, 6.45) is 3.78. The molecule has 2 rings (SSSR count). The van der Waals surface area contributed by atoms with Gasteiger partial charge in [-0.2, -0.15) is 0 Å². The standard InChI is InChI=1S/C9H15NO3/c1-12-9(11)8-4-7(5-10-8)13-6-2-3-6/h6-8,10H,2-5H2,1H3. The minimum atomic E-state index is -0.179. The van der Waals surface area contributed by atoms with Gasteiger partial charge in [0.05, 0.1) is 19.3 Å². The van der Waals surface area contributed by atoms with E-state index in [4.69, 9.17) is 4.74 Å². The molecule has 4 heteroatoms. The van der Waals surface area contributed by atoms with E-state index < -0.39 is 0 Å². The van der Waals surface area contributed by atoms with Crippen LogP contribution in [-0.2, 0) is 14.3 Å². The SMILES string of the molecule is COC(=O)C1CC(OC2CC2)CN1. The highest BCUT2D eigenvalue weighted by Gasteiger charge is 2.34. The summed E-state index contributed by atoms with van der Waals surface area (Å²) < 4.78 is 10.3. The van der Waals surface area contributed by atoms with E-state index >= 15 is 0 Å². The van der Waals surface area contributed by atoms with Crippen LogP contribution in [0.25, 0.3) is 0 Å². The van der Waals surface area contributed by atoms with Crippen LogP contribution < -0.4 is 5.32 Å². The number of ether oxygens (including phenoxy) is 2. The molecule has 0 radical (unpaired) electrons. The molecule has 0 aromatic heterocycles. The fourth-order valence-corrected chi connectivity index (χ4v) is 1.61. The fourth-order valence-electron chi connectivity index (χ4n) is 1.61. The van der Waals surface area contributed by atoms with Crippen molar-refractivity contribution in [3.05, 3.63) is 0 Å². The second-order valence-electron chi connectivity index (χ2n) is 3.68. The number of methoxy groups -OCH3 is 1. The molecule has 74 valence electrons. The summed E-state index contributed by atoms with van der Waals surface area (Å²) in [5.74, 6) is -0.179. The average molecular weight is 185 g/mol. The molecule has 1 N–H and O–H groups in total. The molecule has 0 amide bonds. The van der Waals surface area contributed by atoms with Crippen LogP contribution in [0.5, 0.6) is 0 Å². The summed E-state index contributed by atoms with van der Waals surface area (Å²) in [5.41, 5.74) is 0. The molecular weight excluding hydrogens is 170 g/mol. The maximum Gasteiger partial charge on any atom is 0.322 e. The number of rotatable bonds is 3. The number of hydrogen-bond donors (Lipinski definition) is 1. The van der Waals surface area contributed by atoms with Crippen molar-refractivity contribution in [1.29, 1.82) is 0 Å². The number of hydrogen-bond acceptors (Lipinski definition) is 4. The lowest BCUT2D eigenvalue weighted by atomic mass is 10.2. The number of carbonyl (C=O) groups is 1. The van der Waals surface area contributed by atoms with Crippen LogP contribution in [0.2, 0.25) is 0 Å². The Labute approximate surface area is 77.6 Å². The molecule has 1 saturated carbocycles. The third-order valence-corrected chi connectivity index (χ3v) is 2.49. The van der Waals surface area contributed by atoms with Gasteiger partial charge in [-0.1, -0.05) is 0 Å². The zero-order chi connectivity index (χ0) is 9.26. The van der Waals surface area contributed by atoms with Crippen LogP contribution in [0.3, 0.4) is 0 Å². The molecular formula is C9H15NO3. The monoisotopic (exact) mass is 185 g/mol. The second-order valence-corrected chi connectivity index (χ2v) is 3.68. The Balaban J connectivity index is 1.75. The summed E-state index contributed by atoms with van der Waals surface area (Å²) in [6.45, 7) is 0.774. The molecule has 1 heterocycles. The summed E-state index contributed by atoms with van der Waals surface area (Å²) in [6, 6.07) is -0.159. The van der Waals surface area contributed by atoms with Crippen LogP contribution in [0.1, 0.15) is 19.3 Å². The number of esters is 1. The first-order valence-corrected chi connectivity index (χ1v) is 4.76. The Bertz CT molecular complexity index is 203. The molecule has 0 aromatic carbocycles. The molecule has 1 aliphatic carbocycles. The van der Waals surface area contributed by atoms with Gasteiger partial charge in [0, 0.05) is 13.0 Å². The first-order valence-electron chi connectivity index (χ1n) is 4.76. The van der Waals surface area contributed by atoms with E-state index in [-0.39, 0.29) is 18.1 Å². The lowest BCUT2D eigenvalue weighted by Crippen LogP contribution is -2.31. The van der Waals surface area contributed by atoms with Crippen LogP contribution in [0, 0.1) is 0 Å². The highest BCUT2D eigenvalue weighted by atomic mass is 16.5. The zero-order valence-electron chi connectivity index (χ0n) is 7.79. The molecule has 1 aliphatic heterocycles. The van der Waals surface area contributed by atoms with Crippen LogP contribution in [-0.4, -0.2) is 37.9 Å². The van der Waals surface area contributed by atoms with Gasteiger partial charge in [-0.05, 0) is 12.8 Å². The van der Waals surface area contributed by atoms with E-state index in [1.807, 2.05) is 0 Å². The van der Waals surface area contributed by atoms with Crippen LogP contribution in [0.15, 0.2) is 0 Å². The average Bonchev–Trinajstić information content (AvgIpc) is 2.81. The van der Waals surface area contributed by atoms with Gasteiger partial charge in [-0.25, -0.2) is 0 Å². The van der Waals surface area contributed by atoms with E-state index in [2.05, 4.69) is 10.1 Å². The molecule has 1 saturated heterocycles. The smallest absolute Gasteiger partial charge is 0.322 e. The quantitative estimate of drug-likeness (QED) is 0.632. The van der Waals surface area contributed by atoms with E-state index in [9.17, 15) is 4.79 Å². The van der Waals surface area contributed by atoms with Crippen molar-refractivity contribution in [2.45, 2.75) is 37.5 Å². The maximum absolute atomic E-state index is 11.1. The van der Waals surface area contributed by atoms with Crippen molar-refractivity contribution < 1.29 is 14.3 Å². The van der Waals surface area contributed by atoms with Gasteiger partial charge in [0.25, 0.3) is 0 Å². The van der Waals surface area contributed by atoms with Gasteiger partial charge in [0.15, 0.2) is 0 Å². The summed E-state index contributed by atoms with van der Waals surface area (Å²) >= 11 is 0. The summed E-state index contributed by atoms with van der Waals surface area (Å²) in [5, 5.41) is 3.09. The highest BCUT2D eigenvalue weighted by Crippen LogP contribution is 2.27. The lowest BCUT2D eigenvalue weighted by Gasteiger charge is -2.09. The summed E-state index contributed by atoms with van der Waals surface area (Å²) in [4.78, 5) is 11.1. The van der Waals surface area contributed by atoms with Crippen molar-refractivity contribution >= 4 is 5.97 Å². The number of carbonyl (C=O) groups excluding carboxylic acids is 1. The molecule has 0 aromatic rings. The largest absolute Gasteiger partial charge is 0.468 e. The van der Waals surface area contributed by atoms with Gasteiger partial charge in [-0.15, -0.1) is 0 Å². The molecule has 2 fully saturated rings. The topological polar surface area (TPSA) is 47.6 Å². The van der Waals surface area contributed by atoms with E-state index in [1.165, 1.54) is 20.0 Å². The van der Waals surface area contributed by atoms with Crippen LogP contribution in [0.4, 0.5) is 0 Å². The molecule has 13 heavy (non-hydrogen) atoms. The van der Waals surface area contributed by atoms with Gasteiger partial charge in [-0.3, -0.25) is 4.79 Å². The molecule has 2 aliphatic rings. The Morgan fingerprint density at radius 2 is 2.15 bits per heavy atom. The third-order valence-electron chi connectivity index (χ3n) is 2.49. The van der Waals surface area contributed by atoms with Gasteiger partial charge in [0.2, 0.25) is 0 Å². The fraction of sp³-hybridized carbons (Fsp3) is 0.889. The normalized spacial score (nSPS) is 33.3. The van der Waals surface area contributed by atoms with E-state index in [1.54, 1.807) is 0 Å². The first kappa shape index (κ1) is 8.97. The minimum absolute atomic E-state index is 0.159. The predicted octanol–water partition coefficient (Wildman–Crippen LogP) is 0.0689. The van der Waals surface area contributed by atoms with Crippen molar-refractivity contribution in [3.8, 4) is 0 Å². The van der Waals surface area contributed by atoms with Gasteiger partial charge >= 0.3 is 5.97 Å². The third kappa shape index (κ3) is 2.19.